The predicted molar refractivity (Wildman–Crippen MR) is 90.4 cm³/mol. The first-order chi connectivity index (χ1) is 12.5. The number of imide groups is 1. The van der Waals surface area contributed by atoms with Gasteiger partial charge in [-0.25, -0.2) is 0 Å². The molecule has 0 fully saturated rings. The first-order valence-corrected chi connectivity index (χ1v) is 8.04. The minimum Gasteiger partial charge on any atom is -0.545 e. The number of fused-ring (bicyclic) bond motifs is 1. The molecule has 7 heteroatoms. The molecule has 7 nitrogen and oxygen atoms in total. The second-order valence-electron chi connectivity index (χ2n) is 5.83. The van der Waals surface area contributed by atoms with Crippen LogP contribution in [-0.2, 0) is 4.79 Å². The standard InChI is InChI=1S/C19H16N2O5/c22-16(20-13-6-3-5-12(11-13)19(25)26)9-4-10-21-17(23)14-7-1-2-8-15(14)18(21)24/h1-3,5-8,11H,4,9-10H2,(H,20,22)(H,25,26)/p-1. The Morgan fingerprint density at radius 3 is 2.23 bits per heavy atom. The van der Waals surface area contributed by atoms with Gasteiger partial charge in [0.05, 0.1) is 17.1 Å². The van der Waals surface area contributed by atoms with Crippen molar-refractivity contribution in [3.05, 3.63) is 65.2 Å². The molecular formula is C19H15N2O5-. The van der Waals surface area contributed by atoms with Crippen LogP contribution in [0.15, 0.2) is 48.5 Å². The first-order valence-electron chi connectivity index (χ1n) is 8.04. The van der Waals surface area contributed by atoms with Crippen LogP contribution in [0.5, 0.6) is 0 Å². The Bertz CT molecular complexity index is 871. The summed E-state index contributed by atoms with van der Waals surface area (Å²) in [7, 11) is 0. The van der Waals surface area contributed by atoms with Crippen LogP contribution >= 0.6 is 0 Å². The molecule has 0 saturated heterocycles. The van der Waals surface area contributed by atoms with Gasteiger partial charge in [-0.15, -0.1) is 0 Å². The van der Waals surface area contributed by atoms with Gasteiger partial charge in [0.1, 0.15) is 0 Å². The molecule has 132 valence electrons. The molecule has 1 aliphatic rings. The van der Waals surface area contributed by atoms with E-state index in [0.717, 1.165) is 4.90 Å². The lowest BCUT2D eigenvalue weighted by Crippen LogP contribution is -2.31. The summed E-state index contributed by atoms with van der Waals surface area (Å²) in [5.41, 5.74) is 1.06. The number of anilines is 1. The average Bonchev–Trinajstić information content (AvgIpc) is 2.87. The molecule has 2 aromatic carbocycles. The molecule has 3 amide bonds. The average molecular weight is 351 g/mol. The van der Waals surface area contributed by atoms with Crippen LogP contribution in [0.4, 0.5) is 5.69 Å². The number of amides is 3. The Labute approximate surface area is 149 Å². The number of hydrogen-bond donors (Lipinski definition) is 1. The van der Waals surface area contributed by atoms with Gasteiger partial charge in [-0.2, -0.15) is 0 Å². The van der Waals surface area contributed by atoms with Gasteiger partial charge in [0, 0.05) is 18.7 Å². The molecular weight excluding hydrogens is 336 g/mol. The van der Waals surface area contributed by atoms with Crippen LogP contribution in [0.3, 0.4) is 0 Å². The SMILES string of the molecule is O=C(CCCN1C(=O)c2ccccc2C1=O)Nc1cccc(C(=O)[O-])c1. The number of hydrogen-bond acceptors (Lipinski definition) is 5. The lowest BCUT2D eigenvalue weighted by molar-refractivity contribution is -0.255. The molecule has 26 heavy (non-hydrogen) atoms. The zero-order valence-electron chi connectivity index (χ0n) is 13.7. The molecule has 0 bridgehead atoms. The smallest absolute Gasteiger partial charge is 0.261 e. The minimum absolute atomic E-state index is 0.0335. The van der Waals surface area contributed by atoms with Gasteiger partial charge in [-0.3, -0.25) is 19.3 Å². The van der Waals surface area contributed by atoms with E-state index in [1.165, 1.54) is 18.2 Å². The van der Waals surface area contributed by atoms with E-state index in [4.69, 9.17) is 0 Å². The third-order valence-electron chi connectivity index (χ3n) is 4.05. The van der Waals surface area contributed by atoms with Crippen LogP contribution in [0.1, 0.15) is 43.9 Å². The largest absolute Gasteiger partial charge is 0.545 e. The highest BCUT2D eigenvalue weighted by molar-refractivity contribution is 6.21. The van der Waals surface area contributed by atoms with Crippen molar-refractivity contribution < 1.29 is 24.3 Å². The molecule has 3 rings (SSSR count). The fraction of sp³-hybridized carbons (Fsp3) is 0.158. The van der Waals surface area contributed by atoms with Crippen molar-refractivity contribution in [2.75, 3.05) is 11.9 Å². The summed E-state index contributed by atoms with van der Waals surface area (Å²) in [6.45, 7) is 0.138. The van der Waals surface area contributed by atoms with Crippen molar-refractivity contribution in [2.45, 2.75) is 12.8 Å². The number of nitrogens with one attached hydrogen (secondary N) is 1. The van der Waals surface area contributed by atoms with E-state index >= 15 is 0 Å². The number of aromatic carboxylic acids is 1. The summed E-state index contributed by atoms with van der Waals surface area (Å²) in [4.78, 5) is 48.4. The van der Waals surface area contributed by atoms with Crippen molar-refractivity contribution in [1.82, 2.24) is 4.90 Å². The van der Waals surface area contributed by atoms with Crippen LogP contribution in [0.25, 0.3) is 0 Å². The fourth-order valence-electron chi connectivity index (χ4n) is 2.79. The summed E-state index contributed by atoms with van der Waals surface area (Å²) in [6, 6.07) is 12.3. The Kier molecular flexibility index (Phi) is 4.79. The molecule has 0 aliphatic carbocycles. The van der Waals surface area contributed by atoms with E-state index in [2.05, 4.69) is 5.32 Å². The molecule has 0 aromatic heterocycles. The highest BCUT2D eigenvalue weighted by Gasteiger charge is 2.34. The van der Waals surface area contributed by atoms with Gasteiger partial charge >= 0.3 is 0 Å². The maximum Gasteiger partial charge on any atom is 0.261 e. The number of carbonyl (C=O) groups is 4. The van der Waals surface area contributed by atoms with Gasteiger partial charge in [0.2, 0.25) is 5.91 Å². The van der Waals surface area contributed by atoms with Crippen LogP contribution < -0.4 is 10.4 Å². The third-order valence-corrected chi connectivity index (χ3v) is 4.05. The number of carboxylic acids is 1. The molecule has 1 aliphatic heterocycles. The predicted octanol–water partition coefficient (Wildman–Crippen LogP) is 1.06. The number of benzene rings is 2. The normalized spacial score (nSPS) is 12.8. The Morgan fingerprint density at radius 1 is 0.962 bits per heavy atom. The van der Waals surface area contributed by atoms with E-state index < -0.39 is 5.97 Å². The number of rotatable bonds is 6. The summed E-state index contributed by atoms with van der Waals surface area (Å²) < 4.78 is 0. The van der Waals surface area contributed by atoms with Crippen LogP contribution in [0.2, 0.25) is 0 Å². The molecule has 0 unspecified atom stereocenters. The molecule has 0 saturated carbocycles. The zero-order valence-corrected chi connectivity index (χ0v) is 13.7. The number of nitrogens with zero attached hydrogens (tertiary/aromatic N) is 1. The monoisotopic (exact) mass is 351 g/mol. The highest BCUT2D eigenvalue weighted by Crippen LogP contribution is 2.22. The van der Waals surface area contributed by atoms with Crippen LogP contribution in [0, 0.1) is 0 Å². The van der Waals surface area contributed by atoms with Gasteiger partial charge in [-0.1, -0.05) is 24.3 Å². The second kappa shape index (κ2) is 7.18. The van der Waals surface area contributed by atoms with Gasteiger partial charge in [0.25, 0.3) is 11.8 Å². The number of carboxylic acid groups (broad SMARTS) is 1. The highest BCUT2D eigenvalue weighted by atomic mass is 16.4. The van der Waals surface area contributed by atoms with Crippen molar-refractivity contribution in [3.63, 3.8) is 0 Å². The maximum absolute atomic E-state index is 12.2. The first kappa shape index (κ1) is 17.3. The van der Waals surface area contributed by atoms with E-state index in [1.807, 2.05) is 0 Å². The van der Waals surface area contributed by atoms with Crippen LogP contribution in [-0.4, -0.2) is 35.1 Å². The van der Waals surface area contributed by atoms with Crippen molar-refractivity contribution in [3.8, 4) is 0 Å². The summed E-state index contributed by atoms with van der Waals surface area (Å²) in [5.74, 6) is -2.37. The second-order valence-corrected chi connectivity index (χ2v) is 5.83. The van der Waals surface area contributed by atoms with E-state index in [-0.39, 0.29) is 36.3 Å². The van der Waals surface area contributed by atoms with E-state index in [0.29, 0.717) is 23.2 Å². The zero-order chi connectivity index (χ0) is 18.7. The molecule has 0 radical (unpaired) electrons. The van der Waals surface area contributed by atoms with Crippen molar-refractivity contribution in [2.24, 2.45) is 0 Å². The van der Waals surface area contributed by atoms with Gasteiger partial charge in [-0.05, 0) is 36.2 Å². The summed E-state index contributed by atoms with van der Waals surface area (Å²) in [5, 5.41) is 13.4. The fourth-order valence-corrected chi connectivity index (χ4v) is 2.79. The lowest BCUT2D eigenvalue weighted by atomic mass is 10.1. The van der Waals surface area contributed by atoms with Crippen molar-refractivity contribution in [1.29, 1.82) is 0 Å². The van der Waals surface area contributed by atoms with E-state index in [9.17, 15) is 24.3 Å². The van der Waals surface area contributed by atoms with Gasteiger partial charge < -0.3 is 15.2 Å². The Balaban J connectivity index is 1.53. The topological polar surface area (TPSA) is 107 Å². The summed E-state index contributed by atoms with van der Waals surface area (Å²) in [6.07, 6.45) is 0.389. The molecule has 1 heterocycles. The molecule has 1 N–H and O–H groups in total. The molecule has 0 atom stereocenters. The molecule has 0 spiro atoms. The minimum atomic E-state index is -1.33. The summed E-state index contributed by atoms with van der Waals surface area (Å²) >= 11 is 0. The third kappa shape index (κ3) is 3.46. The quantitative estimate of drug-likeness (QED) is 0.783. The molecule has 2 aromatic rings. The van der Waals surface area contributed by atoms with Crippen molar-refractivity contribution >= 4 is 29.4 Å². The maximum atomic E-state index is 12.2. The van der Waals surface area contributed by atoms with E-state index in [1.54, 1.807) is 30.3 Å². The Morgan fingerprint density at radius 2 is 1.62 bits per heavy atom. The Hall–Kier alpha value is -3.48. The lowest BCUT2D eigenvalue weighted by Gasteiger charge is -2.13. The number of carbonyl (C=O) groups excluding carboxylic acids is 4. The van der Waals surface area contributed by atoms with Gasteiger partial charge in [0.15, 0.2) is 0 Å².